The predicted molar refractivity (Wildman–Crippen MR) is 230 cm³/mol. The van der Waals surface area contributed by atoms with Crippen molar-refractivity contribution in [2.75, 3.05) is 44.4 Å². The minimum atomic E-state index is -1.04. The van der Waals surface area contributed by atoms with E-state index in [9.17, 15) is 28.3 Å². The molecule has 0 bridgehead atoms. The van der Waals surface area contributed by atoms with E-state index in [0.717, 1.165) is 65.2 Å². The molecule has 3 amide bonds. The summed E-state index contributed by atoms with van der Waals surface area (Å²) in [4.78, 5) is 54.5. The molecule has 3 N–H and O–H groups in total. The molecule has 6 rings (SSSR count). The number of amides is 3. The van der Waals surface area contributed by atoms with Crippen LogP contribution >= 0.6 is 22.7 Å². The Morgan fingerprint density at radius 1 is 1.00 bits per heavy atom. The molecule has 60 heavy (non-hydrogen) atoms. The van der Waals surface area contributed by atoms with E-state index < -0.39 is 41.1 Å². The maximum atomic E-state index is 14.9. The molecule has 324 valence electrons. The number of nitrogens with one attached hydrogen (secondary N) is 2. The van der Waals surface area contributed by atoms with Crippen molar-refractivity contribution in [2.45, 2.75) is 104 Å². The van der Waals surface area contributed by atoms with E-state index in [4.69, 9.17) is 9.47 Å². The van der Waals surface area contributed by atoms with Gasteiger partial charge in [0, 0.05) is 43.4 Å². The molecule has 1 unspecified atom stereocenters. The first kappa shape index (κ1) is 45.0. The van der Waals surface area contributed by atoms with E-state index in [1.165, 1.54) is 22.3 Å². The number of morpholine rings is 1. The summed E-state index contributed by atoms with van der Waals surface area (Å²) in [6.45, 7) is 12.3. The van der Waals surface area contributed by atoms with Gasteiger partial charge in [-0.1, -0.05) is 64.3 Å². The molecule has 12 nitrogen and oxygen atoms in total. The Hall–Kier alpha value is -4.51. The molecule has 2 aromatic heterocycles. The summed E-state index contributed by atoms with van der Waals surface area (Å²) in [5.74, 6) is -3.22. The van der Waals surface area contributed by atoms with Crippen molar-refractivity contribution < 1.29 is 37.7 Å². The van der Waals surface area contributed by atoms with Gasteiger partial charge in [-0.3, -0.25) is 14.4 Å². The number of aliphatic hydroxyl groups is 1. The van der Waals surface area contributed by atoms with E-state index in [0.29, 0.717) is 37.3 Å². The first-order chi connectivity index (χ1) is 28.7. The zero-order valence-corrected chi connectivity index (χ0v) is 36.6. The van der Waals surface area contributed by atoms with Crippen LogP contribution in [0, 0.1) is 24.0 Å². The monoisotopic (exact) mass is 866 g/mol. The third-order valence-electron chi connectivity index (χ3n) is 11.0. The number of halogens is 2. The lowest BCUT2D eigenvalue weighted by Crippen LogP contribution is -2.57. The van der Waals surface area contributed by atoms with Crippen molar-refractivity contribution in [3.63, 3.8) is 0 Å². The van der Waals surface area contributed by atoms with E-state index in [1.807, 2.05) is 69.8 Å². The molecule has 2 aliphatic rings. The average Bonchev–Trinajstić information content (AvgIpc) is 3.99. The van der Waals surface area contributed by atoms with E-state index in [-0.39, 0.29) is 49.6 Å². The van der Waals surface area contributed by atoms with Crippen molar-refractivity contribution in [3.05, 3.63) is 70.2 Å². The summed E-state index contributed by atoms with van der Waals surface area (Å²) in [7, 11) is 0. The molecule has 4 atom stereocenters. The molecule has 0 aliphatic carbocycles. The Bertz CT molecular complexity index is 2080. The lowest BCUT2D eigenvalue weighted by molar-refractivity contribution is -0.144. The quantitative estimate of drug-likeness (QED) is 0.0922. The van der Waals surface area contributed by atoms with Crippen molar-refractivity contribution >= 4 is 45.5 Å². The highest BCUT2D eigenvalue weighted by molar-refractivity contribution is 7.14. The number of β-amino-alcohol motifs (C(OH)–C–C–N with tert-alkyl or cyclic N) is 1. The number of benzene rings is 2. The Morgan fingerprint density at radius 2 is 1.72 bits per heavy atom. The average molecular weight is 867 g/mol. The number of nitrogens with zero attached hydrogens (tertiary/aromatic N) is 4. The van der Waals surface area contributed by atoms with E-state index in [1.54, 1.807) is 11.3 Å². The molecular weight excluding hydrogens is 811 g/mol. The van der Waals surface area contributed by atoms with Gasteiger partial charge in [0.25, 0.3) is 0 Å². The van der Waals surface area contributed by atoms with Gasteiger partial charge < -0.3 is 35.0 Å². The maximum Gasteiger partial charge on any atom is 0.246 e. The van der Waals surface area contributed by atoms with Gasteiger partial charge in [0.2, 0.25) is 23.5 Å². The normalized spacial score (nSPS) is 18.0. The number of carbonyl (C=O) groups excluding carboxylic acids is 3. The van der Waals surface area contributed by atoms with Crippen LogP contribution < -0.4 is 20.3 Å². The van der Waals surface area contributed by atoms with Crippen LogP contribution in [-0.2, 0) is 19.1 Å². The molecule has 0 spiro atoms. The van der Waals surface area contributed by atoms with Crippen LogP contribution in [0.3, 0.4) is 0 Å². The Morgan fingerprint density at radius 3 is 2.42 bits per heavy atom. The number of aromatic nitrogens is 2. The molecule has 2 aromatic carbocycles. The number of rotatable bonds is 17. The molecule has 2 fully saturated rings. The molecule has 16 heteroatoms. The second-order valence-corrected chi connectivity index (χ2v) is 18.3. The minimum absolute atomic E-state index is 0.00570. The number of unbranched alkanes of at least 4 members (excludes halogenated alkanes) is 4. The van der Waals surface area contributed by atoms with Crippen LogP contribution in [0.2, 0.25) is 0 Å². The summed E-state index contributed by atoms with van der Waals surface area (Å²) in [6, 6.07) is 8.36. The third-order valence-corrected chi connectivity index (χ3v) is 12.8. The number of thiazole rings is 2. The molecule has 0 saturated carbocycles. The third kappa shape index (κ3) is 11.2. The first-order valence-electron chi connectivity index (χ1n) is 20.7. The van der Waals surface area contributed by atoms with Crippen LogP contribution in [-0.4, -0.2) is 95.3 Å². The van der Waals surface area contributed by atoms with E-state index in [2.05, 4.69) is 25.5 Å². The van der Waals surface area contributed by atoms with Gasteiger partial charge in [0.15, 0.2) is 16.7 Å². The second-order valence-electron chi connectivity index (χ2n) is 16.6. The number of likely N-dealkylation sites (tertiary alicyclic amines) is 1. The smallest absolute Gasteiger partial charge is 0.246 e. The molecule has 0 radical (unpaired) electrons. The fourth-order valence-electron chi connectivity index (χ4n) is 7.50. The SMILES string of the molecule is Cc1ncsc1-c1ccc([C@H](C)NC(=O)[C@@H]2C[C@@H](O)CN2C(=O)C(NC(=O)CCCCCCCOc2c(-c3csc(N4CCOCC4)n3)ccc(F)c2F)C(C)(C)C)cc1. The highest BCUT2D eigenvalue weighted by Crippen LogP contribution is 2.37. The van der Waals surface area contributed by atoms with Crippen LogP contribution in [0.25, 0.3) is 21.7 Å². The predicted octanol–water partition coefficient (Wildman–Crippen LogP) is 7.45. The van der Waals surface area contributed by atoms with Crippen molar-refractivity contribution in [2.24, 2.45) is 5.41 Å². The van der Waals surface area contributed by atoms with Crippen LogP contribution in [0.1, 0.15) is 89.9 Å². The number of aryl methyl sites for hydroxylation is 1. The summed E-state index contributed by atoms with van der Waals surface area (Å²) in [6.07, 6.45) is 2.93. The number of carbonyl (C=O) groups is 3. The first-order valence-corrected chi connectivity index (χ1v) is 22.4. The highest BCUT2D eigenvalue weighted by atomic mass is 32.1. The van der Waals surface area contributed by atoms with Gasteiger partial charge in [0.05, 0.1) is 53.7 Å². The highest BCUT2D eigenvalue weighted by Gasteiger charge is 2.44. The van der Waals surface area contributed by atoms with Gasteiger partial charge in [-0.2, -0.15) is 4.39 Å². The standard InChI is InChI=1S/C44H56F2N6O6S2/c1-27(29-12-14-30(15-13-29)39-28(2)47-26-60-39)48-41(55)35-23-31(53)24-52(35)42(56)40(44(3,4)5)50-36(54)11-9-7-6-8-10-20-58-38-32(16-17-33(45)37(38)46)34-25-59-43(49-34)51-18-21-57-22-19-51/h12-17,25-27,31,35,40,53H,6-11,18-24H2,1-5H3,(H,48,55)(H,50,54)/t27-,31+,35-,40?/m0/s1. The maximum absolute atomic E-state index is 14.9. The van der Waals surface area contributed by atoms with Gasteiger partial charge in [-0.05, 0) is 55.4 Å². The number of hydrogen-bond donors (Lipinski definition) is 3. The van der Waals surface area contributed by atoms with Crippen LogP contribution in [0.4, 0.5) is 13.9 Å². The number of hydrogen-bond acceptors (Lipinski definition) is 11. The number of aliphatic hydroxyl groups excluding tert-OH is 1. The van der Waals surface area contributed by atoms with Crippen LogP contribution in [0.15, 0.2) is 47.3 Å². The molecular formula is C44H56F2N6O6S2. The van der Waals surface area contributed by atoms with Gasteiger partial charge in [-0.25, -0.2) is 14.4 Å². The van der Waals surface area contributed by atoms with Gasteiger partial charge in [-0.15, -0.1) is 22.7 Å². The summed E-state index contributed by atoms with van der Waals surface area (Å²) >= 11 is 3.01. The summed E-state index contributed by atoms with van der Waals surface area (Å²) in [5, 5.41) is 19.2. The Labute approximate surface area is 358 Å². The van der Waals surface area contributed by atoms with Gasteiger partial charge >= 0.3 is 0 Å². The van der Waals surface area contributed by atoms with Gasteiger partial charge in [0.1, 0.15) is 12.1 Å². The van der Waals surface area contributed by atoms with E-state index >= 15 is 0 Å². The second kappa shape index (κ2) is 20.4. The van der Waals surface area contributed by atoms with Crippen molar-refractivity contribution in [1.29, 1.82) is 0 Å². The minimum Gasteiger partial charge on any atom is -0.490 e. The Balaban J connectivity index is 0.946. The summed E-state index contributed by atoms with van der Waals surface area (Å²) in [5.41, 5.74) is 4.98. The Kier molecular flexibility index (Phi) is 15.3. The molecule has 2 aliphatic heterocycles. The lowest BCUT2D eigenvalue weighted by atomic mass is 9.85. The fourth-order valence-corrected chi connectivity index (χ4v) is 9.19. The van der Waals surface area contributed by atoms with Crippen molar-refractivity contribution in [1.82, 2.24) is 25.5 Å². The molecule has 2 saturated heterocycles. The topological polar surface area (TPSA) is 146 Å². The fraction of sp³-hybridized carbons (Fsp3) is 0.523. The lowest BCUT2D eigenvalue weighted by Gasteiger charge is -2.35. The summed E-state index contributed by atoms with van der Waals surface area (Å²) < 4.78 is 40.4. The number of ether oxygens (including phenoxy) is 2. The molecule has 4 heterocycles. The van der Waals surface area contributed by atoms with Crippen molar-refractivity contribution in [3.8, 4) is 27.4 Å². The zero-order valence-electron chi connectivity index (χ0n) is 35.0. The molecule has 4 aromatic rings. The largest absolute Gasteiger partial charge is 0.490 e. The number of anilines is 1. The van der Waals surface area contributed by atoms with Crippen LogP contribution in [0.5, 0.6) is 5.75 Å². The zero-order chi connectivity index (χ0) is 43.0.